The van der Waals surface area contributed by atoms with E-state index >= 15 is 0 Å². The number of aliphatic hydroxyl groups excluding tert-OH is 1. The second-order valence-electron chi connectivity index (χ2n) is 9.67. The first-order chi connectivity index (χ1) is 18.4. The molecule has 6 rings (SSSR count). The molecule has 4 aromatic rings. The molecule has 2 aliphatic heterocycles. The minimum absolute atomic E-state index is 0.00772. The van der Waals surface area contributed by atoms with Gasteiger partial charge >= 0.3 is 0 Å². The van der Waals surface area contributed by atoms with E-state index in [1.54, 1.807) is 29.3 Å². The minimum Gasteiger partial charge on any atom is -0.391 e. The van der Waals surface area contributed by atoms with Crippen LogP contribution in [0.4, 0.5) is 30.4 Å². The molecule has 2 aromatic heterocycles. The zero-order valence-corrected chi connectivity index (χ0v) is 20.3. The van der Waals surface area contributed by atoms with E-state index in [1.165, 1.54) is 10.7 Å². The maximum atomic E-state index is 14.5. The molecule has 3 atom stereocenters. The van der Waals surface area contributed by atoms with Crippen LogP contribution in [0.1, 0.15) is 34.8 Å². The van der Waals surface area contributed by atoms with Crippen molar-refractivity contribution in [2.45, 2.75) is 31.2 Å². The fourth-order valence-electron chi connectivity index (χ4n) is 5.21. The second-order valence-corrected chi connectivity index (χ2v) is 9.67. The van der Waals surface area contributed by atoms with Gasteiger partial charge in [-0.25, -0.2) is 22.7 Å². The third kappa shape index (κ3) is 4.53. The van der Waals surface area contributed by atoms with E-state index in [9.17, 15) is 23.1 Å². The van der Waals surface area contributed by atoms with Gasteiger partial charge in [0, 0.05) is 42.6 Å². The molecule has 2 aliphatic rings. The fraction of sp³-hybridized carbons (Fsp3) is 0.296. The van der Waals surface area contributed by atoms with Crippen molar-refractivity contribution in [2.75, 3.05) is 34.8 Å². The molecule has 1 amide bonds. The van der Waals surface area contributed by atoms with Crippen molar-refractivity contribution in [1.82, 2.24) is 14.6 Å². The van der Waals surface area contributed by atoms with Crippen LogP contribution in [-0.2, 0) is 0 Å². The molecule has 0 radical (unpaired) electrons. The van der Waals surface area contributed by atoms with Crippen molar-refractivity contribution < 1.29 is 23.1 Å². The summed E-state index contributed by atoms with van der Waals surface area (Å²) in [7, 11) is 0. The zero-order valence-electron chi connectivity index (χ0n) is 20.3. The maximum absolute atomic E-state index is 14.5. The number of amides is 1. The Labute approximate surface area is 216 Å². The molecule has 38 heavy (non-hydrogen) atoms. The summed E-state index contributed by atoms with van der Waals surface area (Å²) >= 11 is 0. The molecule has 196 valence electrons. The minimum atomic E-state index is -1.25. The van der Waals surface area contributed by atoms with Gasteiger partial charge in [-0.1, -0.05) is 0 Å². The fourth-order valence-corrected chi connectivity index (χ4v) is 5.21. The predicted molar refractivity (Wildman–Crippen MR) is 136 cm³/mol. The van der Waals surface area contributed by atoms with Crippen molar-refractivity contribution in [3.05, 3.63) is 83.7 Å². The van der Waals surface area contributed by atoms with E-state index in [1.807, 2.05) is 12.1 Å². The quantitative estimate of drug-likeness (QED) is 0.410. The molecule has 4 heterocycles. The summed E-state index contributed by atoms with van der Waals surface area (Å²) in [6.45, 7) is 1.31. The van der Waals surface area contributed by atoms with Crippen molar-refractivity contribution in [1.29, 1.82) is 0 Å². The molecule has 0 spiro atoms. The topological polar surface area (TPSA) is 86.0 Å². The molecular weight excluding hydrogens is 497 g/mol. The second kappa shape index (κ2) is 9.64. The van der Waals surface area contributed by atoms with E-state index in [0.29, 0.717) is 18.1 Å². The lowest BCUT2D eigenvalue weighted by Gasteiger charge is -2.26. The Balaban J connectivity index is 1.25. The number of β-amino-alcohol motifs (C(OH)–C–C–N with tert-alkyl or cyclic N) is 1. The molecule has 2 fully saturated rings. The lowest BCUT2D eigenvalue weighted by atomic mass is 10.0. The van der Waals surface area contributed by atoms with Crippen LogP contribution in [0.15, 0.2) is 60.9 Å². The van der Waals surface area contributed by atoms with E-state index in [2.05, 4.69) is 20.3 Å². The van der Waals surface area contributed by atoms with E-state index in [4.69, 9.17) is 0 Å². The molecule has 2 saturated heterocycles. The zero-order chi connectivity index (χ0) is 26.4. The van der Waals surface area contributed by atoms with Crippen molar-refractivity contribution in [2.24, 2.45) is 0 Å². The Kier molecular flexibility index (Phi) is 6.15. The molecule has 2 N–H and O–H groups in total. The highest BCUT2D eigenvalue weighted by Gasteiger charge is 2.36. The van der Waals surface area contributed by atoms with Gasteiger partial charge < -0.3 is 20.2 Å². The Hall–Kier alpha value is -4.12. The number of alkyl halides is 1. The summed E-state index contributed by atoms with van der Waals surface area (Å²) in [4.78, 5) is 21.3. The van der Waals surface area contributed by atoms with Crippen LogP contribution < -0.4 is 15.1 Å². The summed E-state index contributed by atoms with van der Waals surface area (Å²) in [5, 5.41) is 16.8. The van der Waals surface area contributed by atoms with Gasteiger partial charge in [-0.2, -0.15) is 5.10 Å². The number of rotatable bonds is 5. The van der Waals surface area contributed by atoms with Crippen LogP contribution in [0, 0.1) is 11.6 Å². The summed E-state index contributed by atoms with van der Waals surface area (Å²) in [6.07, 6.45) is 2.13. The van der Waals surface area contributed by atoms with Crippen molar-refractivity contribution in [3.8, 4) is 0 Å². The van der Waals surface area contributed by atoms with Gasteiger partial charge in [0.2, 0.25) is 0 Å². The normalized spacial score (nSPS) is 21.4. The van der Waals surface area contributed by atoms with Crippen LogP contribution in [0.2, 0.25) is 0 Å². The largest absolute Gasteiger partial charge is 0.391 e. The Morgan fingerprint density at radius 1 is 1.08 bits per heavy atom. The standard InChI is InChI=1S/C27H25F3N6O2/c28-16-1-6-23(30)21(11-16)24-12-17(29)14-35(24)25-8-10-36-26(33-25)22(13-31-36)27(38)32-18-2-4-19(5-3-18)34-9-7-20(37)15-34/h1-6,8,10-11,13,17,20,24,37H,7,9,12,14-15H2,(H,32,38)/t17-,20-,24+/m0/s1. The summed E-state index contributed by atoms with van der Waals surface area (Å²) in [6, 6.07) is 11.3. The lowest BCUT2D eigenvalue weighted by Crippen LogP contribution is -2.25. The maximum Gasteiger partial charge on any atom is 0.261 e. The van der Waals surface area contributed by atoms with Gasteiger partial charge in [0.1, 0.15) is 29.2 Å². The number of carbonyl (C=O) groups is 1. The van der Waals surface area contributed by atoms with E-state index in [0.717, 1.165) is 36.9 Å². The van der Waals surface area contributed by atoms with Crippen molar-refractivity contribution >= 4 is 28.7 Å². The third-order valence-electron chi connectivity index (χ3n) is 7.11. The number of anilines is 3. The smallest absolute Gasteiger partial charge is 0.261 e. The van der Waals surface area contributed by atoms with Gasteiger partial charge in [-0.3, -0.25) is 4.79 Å². The molecule has 0 unspecified atom stereocenters. The average molecular weight is 523 g/mol. The number of carbonyl (C=O) groups excluding carboxylic acids is 1. The van der Waals surface area contributed by atoms with Crippen molar-refractivity contribution in [3.63, 3.8) is 0 Å². The van der Waals surface area contributed by atoms with Crippen LogP contribution in [0.5, 0.6) is 0 Å². The monoisotopic (exact) mass is 522 g/mol. The highest BCUT2D eigenvalue weighted by atomic mass is 19.1. The lowest BCUT2D eigenvalue weighted by molar-refractivity contribution is 0.102. The molecule has 2 aromatic carbocycles. The summed E-state index contributed by atoms with van der Waals surface area (Å²) in [5.41, 5.74) is 2.06. The van der Waals surface area contributed by atoms with Crippen LogP contribution in [0.25, 0.3) is 5.65 Å². The number of hydrogen-bond donors (Lipinski definition) is 2. The number of aromatic nitrogens is 3. The summed E-state index contributed by atoms with van der Waals surface area (Å²) < 4.78 is 44.3. The van der Waals surface area contributed by atoms with Crippen LogP contribution in [0.3, 0.4) is 0 Å². The van der Waals surface area contributed by atoms with Crippen LogP contribution >= 0.6 is 0 Å². The molecule has 0 saturated carbocycles. The molecule has 0 bridgehead atoms. The van der Waals surface area contributed by atoms with Gasteiger partial charge in [0.15, 0.2) is 5.65 Å². The first kappa shape index (κ1) is 24.2. The molecule has 8 nitrogen and oxygen atoms in total. The third-order valence-corrected chi connectivity index (χ3v) is 7.11. The SMILES string of the molecule is O=C(Nc1ccc(N2CC[C@H](O)C2)cc1)c1cnn2ccc(N3C[C@@H](F)C[C@@H]3c3cc(F)ccc3F)nc12. The number of aliphatic hydroxyl groups is 1. The number of fused-ring (bicyclic) bond motifs is 1. The highest BCUT2D eigenvalue weighted by Crippen LogP contribution is 2.38. The van der Waals surface area contributed by atoms with Gasteiger partial charge in [-0.15, -0.1) is 0 Å². The predicted octanol–water partition coefficient (Wildman–Crippen LogP) is 4.12. The van der Waals surface area contributed by atoms with E-state index < -0.39 is 29.8 Å². The number of hydrogen-bond acceptors (Lipinski definition) is 6. The first-order valence-electron chi connectivity index (χ1n) is 12.4. The Morgan fingerprint density at radius 2 is 1.89 bits per heavy atom. The van der Waals surface area contributed by atoms with Crippen LogP contribution in [-0.4, -0.2) is 57.5 Å². The first-order valence-corrected chi connectivity index (χ1v) is 12.4. The molecule has 11 heteroatoms. The number of benzene rings is 2. The molecular formula is C27H25F3N6O2. The number of nitrogens with one attached hydrogen (secondary N) is 1. The van der Waals surface area contributed by atoms with Gasteiger partial charge in [0.25, 0.3) is 5.91 Å². The highest BCUT2D eigenvalue weighted by molar-refractivity contribution is 6.08. The molecule has 0 aliphatic carbocycles. The number of nitrogens with zero attached hydrogens (tertiary/aromatic N) is 5. The Morgan fingerprint density at radius 3 is 2.66 bits per heavy atom. The van der Waals surface area contributed by atoms with E-state index in [-0.39, 0.29) is 35.8 Å². The van der Waals surface area contributed by atoms with Gasteiger partial charge in [-0.05, 0) is 55.0 Å². The summed E-state index contributed by atoms with van der Waals surface area (Å²) in [5.74, 6) is -1.31. The Bertz CT molecular complexity index is 1490. The van der Waals surface area contributed by atoms with Gasteiger partial charge in [0.05, 0.1) is 24.9 Å². The number of halogens is 3. The average Bonchev–Trinajstić information content (AvgIpc) is 3.63.